The van der Waals surface area contributed by atoms with Crippen LogP contribution in [0.25, 0.3) is 6.08 Å². The van der Waals surface area contributed by atoms with E-state index in [1.807, 2.05) is 44.2 Å². The number of rotatable bonds is 4. The van der Waals surface area contributed by atoms with E-state index in [1.165, 1.54) is 11.8 Å². The minimum absolute atomic E-state index is 0.171. The fraction of sp³-hybridized carbons (Fsp3) is 0.250. The summed E-state index contributed by atoms with van der Waals surface area (Å²) in [7, 11) is 1.68. The van der Waals surface area contributed by atoms with Crippen LogP contribution in [-0.2, 0) is 16.1 Å². The number of hydrogen-bond acceptors (Lipinski definition) is 4. The first-order chi connectivity index (χ1) is 13.0. The van der Waals surface area contributed by atoms with Gasteiger partial charge in [-0.1, -0.05) is 12.1 Å². The summed E-state index contributed by atoms with van der Waals surface area (Å²) < 4.78 is 7.33. The van der Waals surface area contributed by atoms with Crippen LogP contribution >= 0.6 is 11.8 Å². The number of aryl methyl sites for hydroxylation is 1. The molecule has 0 spiro atoms. The van der Waals surface area contributed by atoms with E-state index in [2.05, 4.69) is 9.56 Å². The van der Waals surface area contributed by atoms with Crippen molar-refractivity contribution in [2.24, 2.45) is 4.99 Å². The van der Waals surface area contributed by atoms with Crippen molar-refractivity contribution in [2.75, 3.05) is 18.6 Å². The summed E-state index contributed by atoms with van der Waals surface area (Å²) in [4.78, 5) is 19.6. The molecule has 1 aromatic carbocycles. The highest BCUT2D eigenvalue weighted by Gasteiger charge is 2.37. The Morgan fingerprint density at radius 2 is 2.07 bits per heavy atom. The minimum atomic E-state index is -0.367. The normalized spacial score (nSPS) is 17.4. The lowest BCUT2D eigenvalue weighted by atomic mass is 10.1. The van der Waals surface area contributed by atoms with Crippen LogP contribution in [-0.4, -0.2) is 35.2 Å². The van der Waals surface area contributed by atoms with Gasteiger partial charge >= 0.3 is 0 Å². The Balaban J connectivity index is 1.74. The third-order valence-corrected chi connectivity index (χ3v) is 5.86. The van der Waals surface area contributed by atoms with Crippen molar-refractivity contribution in [3.63, 3.8) is 0 Å². The van der Waals surface area contributed by atoms with Crippen LogP contribution in [0.3, 0.4) is 0 Å². The molecule has 0 aliphatic carbocycles. The second-order valence-corrected chi connectivity index (χ2v) is 7.49. The molecule has 0 saturated heterocycles. The Morgan fingerprint density at radius 3 is 2.85 bits per heavy atom. The predicted molar refractivity (Wildman–Crippen MR) is 109 cm³/mol. The number of carbonyl (C=O) groups is 1. The molecule has 138 valence electrons. The number of fused-ring (bicyclic) bond motifs is 3. The highest BCUT2D eigenvalue weighted by atomic mass is 32.2. The summed E-state index contributed by atoms with van der Waals surface area (Å²) in [5, 5.41) is 9.19. The van der Waals surface area contributed by atoms with E-state index >= 15 is 0 Å². The SMILES string of the molecule is COCCn1c(C)cc(/C=C2/C(=N)N3C(=NC2=O)Sc2ccccc23)c1C. The maximum absolute atomic E-state index is 12.6. The molecule has 0 bridgehead atoms. The maximum atomic E-state index is 12.6. The zero-order valence-corrected chi connectivity index (χ0v) is 16.3. The van der Waals surface area contributed by atoms with Crippen LogP contribution in [0.5, 0.6) is 0 Å². The Kier molecular flexibility index (Phi) is 4.49. The molecule has 0 fully saturated rings. The number of anilines is 1. The number of hydrogen-bond donors (Lipinski definition) is 1. The minimum Gasteiger partial charge on any atom is -0.383 e. The monoisotopic (exact) mass is 380 g/mol. The second-order valence-electron chi connectivity index (χ2n) is 6.48. The van der Waals surface area contributed by atoms with Crippen LogP contribution in [0.4, 0.5) is 5.69 Å². The Morgan fingerprint density at radius 1 is 1.30 bits per heavy atom. The number of amides is 1. The van der Waals surface area contributed by atoms with Gasteiger partial charge in [0.2, 0.25) is 0 Å². The molecule has 0 unspecified atom stereocenters. The number of nitrogens with zero attached hydrogens (tertiary/aromatic N) is 3. The summed E-state index contributed by atoms with van der Waals surface area (Å²) >= 11 is 1.42. The van der Waals surface area contributed by atoms with E-state index in [1.54, 1.807) is 18.1 Å². The first-order valence-electron chi connectivity index (χ1n) is 8.67. The molecule has 2 aromatic rings. The van der Waals surface area contributed by atoms with Crippen LogP contribution < -0.4 is 4.90 Å². The van der Waals surface area contributed by atoms with Gasteiger partial charge in [0.1, 0.15) is 5.84 Å². The largest absolute Gasteiger partial charge is 0.383 e. The van der Waals surface area contributed by atoms with E-state index in [9.17, 15) is 4.79 Å². The molecule has 0 saturated carbocycles. The van der Waals surface area contributed by atoms with Crippen molar-refractivity contribution in [1.82, 2.24) is 4.57 Å². The van der Waals surface area contributed by atoms with Crippen molar-refractivity contribution >= 4 is 40.4 Å². The molecule has 7 heteroatoms. The number of aromatic nitrogens is 1. The number of aliphatic imine (C=N–C) groups is 1. The number of thioether (sulfide) groups is 1. The third kappa shape index (κ3) is 2.93. The quantitative estimate of drug-likeness (QED) is 0.823. The second kappa shape index (κ2) is 6.83. The van der Waals surface area contributed by atoms with Gasteiger partial charge < -0.3 is 9.30 Å². The van der Waals surface area contributed by atoms with Crippen molar-refractivity contribution in [1.29, 1.82) is 5.41 Å². The molecule has 27 heavy (non-hydrogen) atoms. The summed E-state index contributed by atoms with van der Waals surface area (Å²) in [5.41, 5.74) is 4.27. The van der Waals surface area contributed by atoms with Crippen molar-refractivity contribution in [3.05, 3.63) is 52.9 Å². The van der Waals surface area contributed by atoms with Crippen molar-refractivity contribution < 1.29 is 9.53 Å². The molecule has 1 N–H and O–H groups in total. The molecule has 0 atom stereocenters. The van der Waals surface area contributed by atoms with Gasteiger partial charge in [0.25, 0.3) is 5.91 Å². The fourth-order valence-electron chi connectivity index (χ4n) is 3.42. The van der Waals surface area contributed by atoms with E-state index in [0.717, 1.165) is 34.1 Å². The zero-order valence-electron chi connectivity index (χ0n) is 15.4. The van der Waals surface area contributed by atoms with E-state index in [-0.39, 0.29) is 11.7 Å². The lowest BCUT2D eigenvalue weighted by Crippen LogP contribution is -2.39. The number of methoxy groups -OCH3 is 1. The smallest absolute Gasteiger partial charge is 0.283 e. The molecule has 2 aliphatic rings. The average Bonchev–Trinajstić information content (AvgIpc) is 3.14. The van der Waals surface area contributed by atoms with Crippen LogP contribution in [0, 0.1) is 19.3 Å². The standard InChI is InChI=1S/C20H20N4O2S/c1-12-10-14(13(2)23(12)8-9-26-3)11-15-18(21)24-16-6-4-5-7-17(16)27-20(24)22-19(15)25/h4-7,10-11,21H,8-9H2,1-3H3/b15-11-,21-18?. The van der Waals surface area contributed by atoms with Gasteiger partial charge in [-0.2, -0.15) is 4.99 Å². The zero-order chi connectivity index (χ0) is 19.1. The number of benzene rings is 1. The summed E-state index contributed by atoms with van der Waals surface area (Å²) in [5.74, 6) is -0.197. The summed E-state index contributed by atoms with van der Waals surface area (Å²) in [6.07, 6.45) is 1.78. The summed E-state index contributed by atoms with van der Waals surface area (Å²) in [6.45, 7) is 5.42. The van der Waals surface area contributed by atoms with Crippen molar-refractivity contribution in [3.8, 4) is 0 Å². The van der Waals surface area contributed by atoms with E-state index < -0.39 is 0 Å². The lowest BCUT2D eigenvalue weighted by Gasteiger charge is -2.24. The number of amidine groups is 2. The van der Waals surface area contributed by atoms with Crippen LogP contribution in [0.2, 0.25) is 0 Å². The van der Waals surface area contributed by atoms with Gasteiger partial charge in [0.15, 0.2) is 5.17 Å². The Hall–Kier alpha value is -2.64. The predicted octanol–water partition coefficient (Wildman–Crippen LogP) is 3.62. The molecular formula is C20H20N4O2S. The van der Waals surface area contributed by atoms with Gasteiger partial charge in [-0.15, -0.1) is 0 Å². The van der Waals surface area contributed by atoms with Gasteiger partial charge in [-0.3, -0.25) is 15.1 Å². The Bertz CT molecular complexity index is 1020. The molecule has 1 amide bonds. The number of para-hydroxylation sites is 1. The maximum Gasteiger partial charge on any atom is 0.283 e. The molecule has 4 rings (SSSR count). The lowest BCUT2D eigenvalue weighted by molar-refractivity contribution is -0.113. The first-order valence-corrected chi connectivity index (χ1v) is 9.49. The first kappa shape index (κ1) is 17.8. The number of nitrogens with one attached hydrogen (secondary N) is 1. The highest BCUT2D eigenvalue weighted by Crippen LogP contribution is 2.42. The van der Waals surface area contributed by atoms with Gasteiger partial charge in [0.05, 0.1) is 17.9 Å². The van der Waals surface area contributed by atoms with E-state index in [0.29, 0.717) is 17.3 Å². The number of ether oxygens (including phenoxy) is 1. The fourth-order valence-corrected chi connectivity index (χ4v) is 4.44. The molecular weight excluding hydrogens is 360 g/mol. The van der Waals surface area contributed by atoms with E-state index in [4.69, 9.17) is 10.1 Å². The van der Waals surface area contributed by atoms with Crippen LogP contribution in [0.1, 0.15) is 17.0 Å². The number of carbonyl (C=O) groups excluding carboxylic acids is 1. The average molecular weight is 380 g/mol. The van der Waals surface area contributed by atoms with Gasteiger partial charge in [-0.25, -0.2) is 0 Å². The topological polar surface area (TPSA) is 70.7 Å². The van der Waals surface area contributed by atoms with Gasteiger partial charge in [-0.05, 0) is 55.4 Å². The molecule has 3 heterocycles. The third-order valence-electron chi connectivity index (χ3n) is 4.84. The molecule has 0 radical (unpaired) electrons. The van der Waals surface area contributed by atoms with Gasteiger partial charge in [0, 0.05) is 29.9 Å². The van der Waals surface area contributed by atoms with Crippen molar-refractivity contribution in [2.45, 2.75) is 25.3 Å². The molecule has 2 aliphatic heterocycles. The highest BCUT2D eigenvalue weighted by molar-refractivity contribution is 8.15. The van der Waals surface area contributed by atoms with Crippen LogP contribution in [0.15, 0.2) is 45.8 Å². The molecule has 1 aromatic heterocycles. The Labute approximate surface area is 162 Å². The summed E-state index contributed by atoms with van der Waals surface area (Å²) in [6, 6.07) is 9.83. The molecule has 6 nitrogen and oxygen atoms in total.